The van der Waals surface area contributed by atoms with Crippen molar-refractivity contribution in [2.24, 2.45) is 17.6 Å². The zero-order valence-corrected chi connectivity index (χ0v) is 12.0. The highest BCUT2D eigenvalue weighted by atomic mass is 16.5. The van der Waals surface area contributed by atoms with Gasteiger partial charge in [0, 0.05) is 5.39 Å². The fraction of sp³-hybridized carbons (Fsp3) is 0.412. The number of rotatable bonds is 4. The Morgan fingerprint density at radius 3 is 2.90 bits per heavy atom. The number of nitrogens with two attached hydrogens (primary N) is 1. The van der Waals surface area contributed by atoms with Crippen molar-refractivity contribution in [1.82, 2.24) is 4.98 Å². The van der Waals surface area contributed by atoms with Gasteiger partial charge in [0.2, 0.25) is 5.88 Å². The van der Waals surface area contributed by atoms with Gasteiger partial charge in [-0.2, -0.15) is 5.26 Å². The summed E-state index contributed by atoms with van der Waals surface area (Å²) in [5.41, 5.74) is 7.15. The van der Waals surface area contributed by atoms with Crippen molar-refractivity contribution < 1.29 is 4.74 Å². The Kier molecular flexibility index (Phi) is 4.03. The number of hydrogen-bond acceptors (Lipinski definition) is 4. The summed E-state index contributed by atoms with van der Waals surface area (Å²) in [6.45, 7) is 1.31. The molecule has 0 saturated heterocycles. The van der Waals surface area contributed by atoms with Crippen molar-refractivity contribution in [1.29, 1.82) is 5.26 Å². The number of pyridine rings is 1. The predicted molar refractivity (Wildman–Crippen MR) is 81.8 cm³/mol. The molecule has 1 aromatic carbocycles. The first-order valence-electron chi connectivity index (χ1n) is 7.44. The summed E-state index contributed by atoms with van der Waals surface area (Å²) in [5.74, 6) is 1.46. The van der Waals surface area contributed by atoms with E-state index in [4.69, 9.17) is 10.5 Å². The van der Waals surface area contributed by atoms with Crippen LogP contribution in [-0.4, -0.2) is 18.1 Å². The molecule has 21 heavy (non-hydrogen) atoms. The van der Waals surface area contributed by atoms with Gasteiger partial charge in [0.25, 0.3) is 0 Å². The normalized spacial score (nSPS) is 21.3. The Hall–Kier alpha value is -2.12. The number of fused-ring (bicyclic) bond motifs is 1. The van der Waals surface area contributed by atoms with Crippen molar-refractivity contribution in [3.05, 3.63) is 35.9 Å². The van der Waals surface area contributed by atoms with Crippen LogP contribution in [0.2, 0.25) is 0 Å². The molecule has 3 rings (SSSR count). The Morgan fingerprint density at radius 1 is 1.29 bits per heavy atom. The smallest absolute Gasteiger partial charge is 0.232 e. The molecule has 2 N–H and O–H groups in total. The maximum atomic E-state index is 9.28. The van der Waals surface area contributed by atoms with E-state index >= 15 is 0 Å². The summed E-state index contributed by atoms with van der Waals surface area (Å²) >= 11 is 0. The van der Waals surface area contributed by atoms with Gasteiger partial charge in [-0.05, 0) is 43.4 Å². The van der Waals surface area contributed by atoms with Crippen LogP contribution >= 0.6 is 0 Å². The minimum absolute atomic E-state index is 0.443. The van der Waals surface area contributed by atoms with Gasteiger partial charge >= 0.3 is 0 Å². The Bertz CT molecular complexity index is 677. The molecule has 4 nitrogen and oxygen atoms in total. The van der Waals surface area contributed by atoms with Gasteiger partial charge in [0.15, 0.2) is 0 Å². The molecular weight excluding hydrogens is 262 g/mol. The molecule has 0 bridgehead atoms. The van der Waals surface area contributed by atoms with Crippen LogP contribution in [0.5, 0.6) is 5.88 Å². The fourth-order valence-corrected chi connectivity index (χ4v) is 3.12. The lowest BCUT2D eigenvalue weighted by atomic mass is 9.97. The molecule has 2 atom stereocenters. The minimum atomic E-state index is 0.443. The molecule has 4 heteroatoms. The zero-order chi connectivity index (χ0) is 14.7. The molecule has 0 aliphatic heterocycles. The fourth-order valence-electron chi connectivity index (χ4n) is 3.12. The van der Waals surface area contributed by atoms with Gasteiger partial charge in [0.1, 0.15) is 11.6 Å². The highest BCUT2D eigenvalue weighted by molar-refractivity contribution is 5.80. The van der Waals surface area contributed by atoms with E-state index in [1.807, 2.05) is 30.3 Å². The average Bonchev–Trinajstić information content (AvgIpc) is 2.99. The van der Waals surface area contributed by atoms with Gasteiger partial charge in [-0.25, -0.2) is 4.98 Å². The van der Waals surface area contributed by atoms with Gasteiger partial charge < -0.3 is 10.5 Å². The first-order valence-corrected chi connectivity index (χ1v) is 7.44. The SMILES string of the molecule is N#Cc1cc2ccccc2nc1OCC1CCCC1CN. The van der Waals surface area contributed by atoms with Crippen LogP contribution in [-0.2, 0) is 0 Å². The third-order valence-corrected chi connectivity index (χ3v) is 4.36. The van der Waals surface area contributed by atoms with Crippen molar-refractivity contribution in [2.75, 3.05) is 13.2 Å². The maximum Gasteiger partial charge on any atom is 0.232 e. The summed E-state index contributed by atoms with van der Waals surface area (Å²) < 4.78 is 5.86. The standard InChI is InChI=1S/C17H19N3O/c18-9-13-5-3-6-14(13)11-21-17-15(10-19)8-12-4-1-2-7-16(12)20-17/h1-2,4,7-8,13-14H,3,5-6,9,11,18H2. The summed E-state index contributed by atoms with van der Waals surface area (Å²) in [6, 6.07) is 11.8. The third-order valence-electron chi connectivity index (χ3n) is 4.36. The van der Waals surface area contributed by atoms with Gasteiger partial charge in [-0.15, -0.1) is 0 Å². The van der Waals surface area contributed by atoms with E-state index in [-0.39, 0.29) is 0 Å². The van der Waals surface area contributed by atoms with E-state index in [1.54, 1.807) is 0 Å². The number of para-hydroxylation sites is 1. The lowest BCUT2D eigenvalue weighted by molar-refractivity contribution is 0.210. The highest BCUT2D eigenvalue weighted by Crippen LogP contribution is 2.32. The molecule has 0 radical (unpaired) electrons. The van der Waals surface area contributed by atoms with Crippen molar-refractivity contribution in [3.8, 4) is 11.9 Å². The van der Waals surface area contributed by atoms with E-state index in [2.05, 4.69) is 11.1 Å². The molecule has 0 amide bonds. The van der Waals surface area contributed by atoms with E-state index < -0.39 is 0 Å². The Labute approximate surface area is 124 Å². The Morgan fingerprint density at radius 2 is 2.10 bits per heavy atom. The second-order valence-corrected chi connectivity index (χ2v) is 5.64. The number of nitrogens with zero attached hydrogens (tertiary/aromatic N) is 2. The molecule has 1 saturated carbocycles. The van der Waals surface area contributed by atoms with E-state index in [9.17, 15) is 5.26 Å². The van der Waals surface area contributed by atoms with Crippen LogP contribution in [0.1, 0.15) is 24.8 Å². The van der Waals surface area contributed by atoms with E-state index in [0.717, 1.165) is 17.3 Å². The summed E-state index contributed by atoms with van der Waals surface area (Å²) in [4.78, 5) is 4.48. The van der Waals surface area contributed by atoms with Gasteiger partial charge in [-0.1, -0.05) is 24.6 Å². The lowest BCUT2D eigenvalue weighted by Crippen LogP contribution is -2.23. The minimum Gasteiger partial charge on any atom is -0.476 e. The number of hydrogen-bond donors (Lipinski definition) is 1. The second kappa shape index (κ2) is 6.11. The molecule has 0 spiro atoms. The highest BCUT2D eigenvalue weighted by Gasteiger charge is 2.27. The maximum absolute atomic E-state index is 9.28. The van der Waals surface area contributed by atoms with Crippen LogP contribution < -0.4 is 10.5 Å². The summed E-state index contributed by atoms with van der Waals surface area (Å²) in [6.07, 6.45) is 3.55. The molecule has 1 fully saturated rings. The molecule has 1 heterocycles. The number of benzene rings is 1. The van der Waals surface area contributed by atoms with Gasteiger partial charge in [-0.3, -0.25) is 0 Å². The topological polar surface area (TPSA) is 71.9 Å². The molecule has 1 aromatic heterocycles. The van der Waals surface area contributed by atoms with Crippen LogP contribution in [0.4, 0.5) is 0 Å². The molecule has 1 aliphatic rings. The largest absolute Gasteiger partial charge is 0.476 e. The number of nitriles is 1. The lowest BCUT2D eigenvalue weighted by Gasteiger charge is -2.18. The van der Waals surface area contributed by atoms with Crippen molar-refractivity contribution in [2.45, 2.75) is 19.3 Å². The first kappa shape index (κ1) is 13.8. The molecule has 2 unspecified atom stereocenters. The predicted octanol–water partition coefficient (Wildman–Crippen LogP) is 2.86. The molecular formula is C17H19N3O. The number of aromatic nitrogens is 1. The molecule has 108 valence electrons. The second-order valence-electron chi connectivity index (χ2n) is 5.64. The van der Waals surface area contributed by atoms with Crippen molar-refractivity contribution >= 4 is 10.9 Å². The quantitative estimate of drug-likeness (QED) is 0.935. The summed E-state index contributed by atoms with van der Waals surface area (Å²) in [5, 5.41) is 10.2. The van der Waals surface area contributed by atoms with Crippen LogP contribution in [0.3, 0.4) is 0 Å². The molecule has 1 aliphatic carbocycles. The van der Waals surface area contributed by atoms with E-state index in [0.29, 0.717) is 36.4 Å². The zero-order valence-electron chi connectivity index (χ0n) is 12.0. The first-order chi connectivity index (χ1) is 10.3. The average molecular weight is 281 g/mol. The number of ether oxygens (including phenoxy) is 1. The van der Waals surface area contributed by atoms with Crippen LogP contribution in [0.25, 0.3) is 10.9 Å². The van der Waals surface area contributed by atoms with Crippen LogP contribution in [0.15, 0.2) is 30.3 Å². The Balaban J connectivity index is 1.81. The third kappa shape index (κ3) is 2.84. The van der Waals surface area contributed by atoms with Gasteiger partial charge in [0.05, 0.1) is 12.1 Å². The van der Waals surface area contributed by atoms with Crippen LogP contribution in [0, 0.1) is 23.2 Å². The molecule has 2 aromatic rings. The van der Waals surface area contributed by atoms with E-state index in [1.165, 1.54) is 12.8 Å². The van der Waals surface area contributed by atoms with Crippen molar-refractivity contribution in [3.63, 3.8) is 0 Å². The monoisotopic (exact) mass is 281 g/mol. The summed E-state index contributed by atoms with van der Waals surface area (Å²) in [7, 11) is 0.